The van der Waals surface area contributed by atoms with Crippen molar-refractivity contribution in [1.29, 1.82) is 0 Å². The third kappa shape index (κ3) is 2.77. The van der Waals surface area contributed by atoms with Crippen LogP contribution in [0.1, 0.15) is 23.6 Å². The molecule has 6 nitrogen and oxygen atoms in total. The number of hydrogen-bond acceptors (Lipinski definition) is 4. The predicted octanol–water partition coefficient (Wildman–Crippen LogP) is 1.38. The van der Waals surface area contributed by atoms with Crippen molar-refractivity contribution in [2.45, 2.75) is 19.4 Å². The van der Waals surface area contributed by atoms with Crippen LogP contribution in [-0.4, -0.2) is 16.0 Å². The van der Waals surface area contributed by atoms with Gasteiger partial charge in [-0.1, -0.05) is 11.6 Å². The summed E-state index contributed by atoms with van der Waals surface area (Å²) in [4.78, 5) is 20.7. The summed E-state index contributed by atoms with van der Waals surface area (Å²) in [6, 6.07) is 3.62. The Bertz CT molecular complexity index is 431. The smallest absolute Gasteiger partial charge is 0.305 e. The molecule has 3 N–H and O–H groups in total. The lowest BCUT2D eigenvalue weighted by Crippen LogP contribution is -2.16. The summed E-state index contributed by atoms with van der Waals surface area (Å²) in [6.45, 7) is 1.76. The molecule has 0 aliphatic heterocycles. The van der Waals surface area contributed by atoms with Crippen molar-refractivity contribution >= 4 is 11.7 Å². The first-order valence-corrected chi connectivity index (χ1v) is 4.64. The molecule has 0 aliphatic rings. The van der Waals surface area contributed by atoms with Gasteiger partial charge in [0, 0.05) is 17.7 Å². The van der Waals surface area contributed by atoms with Gasteiger partial charge < -0.3 is 10.8 Å². The van der Waals surface area contributed by atoms with E-state index in [4.69, 9.17) is 10.8 Å². The summed E-state index contributed by atoms with van der Waals surface area (Å²) >= 11 is 0. The van der Waals surface area contributed by atoms with Crippen molar-refractivity contribution in [2.75, 3.05) is 0 Å². The van der Waals surface area contributed by atoms with E-state index < -0.39 is 16.9 Å². The SMILES string of the molecule is Cc1ccc([N+](=O)[O-])c(C(N)CC(=O)O)c1. The van der Waals surface area contributed by atoms with Gasteiger partial charge in [-0.3, -0.25) is 14.9 Å². The Hall–Kier alpha value is -1.95. The molecule has 1 atom stereocenters. The number of aliphatic carboxylic acids is 1. The van der Waals surface area contributed by atoms with E-state index >= 15 is 0 Å². The largest absolute Gasteiger partial charge is 0.481 e. The van der Waals surface area contributed by atoms with Gasteiger partial charge in [-0.2, -0.15) is 0 Å². The van der Waals surface area contributed by atoms with Gasteiger partial charge in [0.15, 0.2) is 0 Å². The van der Waals surface area contributed by atoms with Crippen LogP contribution in [0.25, 0.3) is 0 Å². The van der Waals surface area contributed by atoms with Crippen LogP contribution in [0.5, 0.6) is 0 Å². The molecule has 86 valence electrons. The van der Waals surface area contributed by atoms with E-state index in [-0.39, 0.29) is 17.7 Å². The fraction of sp³-hybridized carbons (Fsp3) is 0.300. The average Bonchev–Trinajstić information content (AvgIpc) is 2.15. The zero-order chi connectivity index (χ0) is 12.3. The van der Waals surface area contributed by atoms with E-state index in [9.17, 15) is 14.9 Å². The lowest BCUT2D eigenvalue weighted by atomic mass is 10.0. The van der Waals surface area contributed by atoms with Crippen LogP contribution >= 0.6 is 0 Å². The minimum Gasteiger partial charge on any atom is -0.481 e. The van der Waals surface area contributed by atoms with Crippen LogP contribution in [0.4, 0.5) is 5.69 Å². The maximum absolute atomic E-state index is 10.7. The number of benzene rings is 1. The Labute approximate surface area is 91.8 Å². The second kappa shape index (κ2) is 4.71. The minimum absolute atomic E-state index is 0.139. The Morgan fingerprint density at radius 2 is 2.25 bits per heavy atom. The van der Waals surface area contributed by atoms with Crippen LogP contribution in [0, 0.1) is 17.0 Å². The molecule has 0 fully saturated rings. The third-order valence-corrected chi connectivity index (χ3v) is 2.17. The molecule has 0 aromatic heterocycles. The highest BCUT2D eigenvalue weighted by molar-refractivity contribution is 5.68. The molecule has 0 amide bonds. The van der Waals surface area contributed by atoms with Crippen molar-refractivity contribution in [3.63, 3.8) is 0 Å². The van der Waals surface area contributed by atoms with Crippen LogP contribution in [0.15, 0.2) is 18.2 Å². The molecule has 0 aliphatic carbocycles. The monoisotopic (exact) mass is 224 g/mol. The van der Waals surface area contributed by atoms with E-state index in [0.717, 1.165) is 5.56 Å². The van der Waals surface area contributed by atoms with Gasteiger partial charge >= 0.3 is 5.97 Å². The minimum atomic E-state index is -1.08. The molecule has 1 aromatic rings. The maximum atomic E-state index is 10.7. The van der Waals surface area contributed by atoms with Gasteiger partial charge in [-0.05, 0) is 13.0 Å². The highest BCUT2D eigenvalue weighted by Gasteiger charge is 2.21. The zero-order valence-corrected chi connectivity index (χ0v) is 8.71. The van der Waals surface area contributed by atoms with Gasteiger partial charge in [0.1, 0.15) is 0 Å². The number of carboxylic acid groups (broad SMARTS) is 1. The van der Waals surface area contributed by atoms with Crippen molar-refractivity contribution in [1.82, 2.24) is 0 Å². The first-order valence-electron chi connectivity index (χ1n) is 4.64. The van der Waals surface area contributed by atoms with Gasteiger partial charge in [0.05, 0.1) is 11.3 Å². The van der Waals surface area contributed by atoms with Crippen molar-refractivity contribution < 1.29 is 14.8 Å². The second-order valence-corrected chi connectivity index (χ2v) is 3.52. The molecule has 1 rings (SSSR count). The zero-order valence-electron chi connectivity index (χ0n) is 8.71. The van der Waals surface area contributed by atoms with E-state index in [0.29, 0.717) is 0 Å². The normalized spacial score (nSPS) is 12.1. The van der Waals surface area contributed by atoms with Crippen molar-refractivity contribution in [3.05, 3.63) is 39.4 Å². The molecule has 6 heteroatoms. The fourth-order valence-corrected chi connectivity index (χ4v) is 1.44. The van der Waals surface area contributed by atoms with Gasteiger partial charge in [0.2, 0.25) is 0 Å². The number of nitrogens with zero attached hydrogens (tertiary/aromatic N) is 1. The number of hydrogen-bond donors (Lipinski definition) is 2. The van der Waals surface area contributed by atoms with E-state index in [1.807, 2.05) is 0 Å². The number of aryl methyl sites for hydroxylation is 1. The number of carbonyl (C=O) groups is 1. The Kier molecular flexibility index (Phi) is 3.57. The van der Waals surface area contributed by atoms with Crippen LogP contribution in [-0.2, 0) is 4.79 Å². The number of nitro benzene ring substituents is 1. The fourth-order valence-electron chi connectivity index (χ4n) is 1.44. The summed E-state index contributed by atoms with van der Waals surface area (Å²) in [5, 5.41) is 19.3. The van der Waals surface area contributed by atoms with Crippen LogP contribution in [0.2, 0.25) is 0 Å². The maximum Gasteiger partial charge on any atom is 0.305 e. The van der Waals surface area contributed by atoms with Gasteiger partial charge in [-0.15, -0.1) is 0 Å². The highest BCUT2D eigenvalue weighted by Crippen LogP contribution is 2.26. The molecule has 1 unspecified atom stereocenters. The average molecular weight is 224 g/mol. The van der Waals surface area contributed by atoms with E-state index in [1.165, 1.54) is 6.07 Å². The molecular formula is C10H12N2O4. The molecule has 0 bridgehead atoms. The molecule has 0 spiro atoms. The van der Waals surface area contributed by atoms with Crippen molar-refractivity contribution in [2.24, 2.45) is 5.73 Å². The number of carboxylic acids is 1. The quantitative estimate of drug-likeness (QED) is 0.593. The van der Waals surface area contributed by atoms with E-state index in [2.05, 4.69) is 0 Å². The molecular weight excluding hydrogens is 212 g/mol. The summed E-state index contributed by atoms with van der Waals surface area (Å²) in [6.07, 6.45) is -0.329. The van der Waals surface area contributed by atoms with Gasteiger partial charge in [0.25, 0.3) is 5.69 Å². The number of nitro groups is 1. The number of nitrogens with two attached hydrogens (primary N) is 1. The summed E-state index contributed by atoms with van der Waals surface area (Å²) < 4.78 is 0. The molecule has 1 aromatic carbocycles. The second-order valence-electron chi connectivity index (χ2n) is 3.52. The molecule has 0 heterocycles. The lowest BCUT2D eigenvalue weighted by Gasteiger charge is -2.10. The topological polar surface area (TPSA) is 106 Å². The predicted molar refractivity (Wildman–Crippen MR) is 57.0 cm³/mol. The molecule has 0 saturated heterocycles. The summed E-state index contributed by atoms with van der Waals surface area (Å²) in [5.74, 6) is -1.08. The molecule has 0 saturated carbocycles. The lowest BCUT2D eigenvalue weighted by molar-refractivity contribution is -0.385. The van der Waals surface area contributed by atoms with Gasteiger partial charge in [-0.25, -0.2) is 0 Å². The first-order chi connectivity index (χ1) is 7.41. The Morgan fingerprint density at radius 3 is 2.75 bits per heavy atom. The Morgan fingerprint density at radius 1 is 1.62 bits per heavy atom. The van der Waals surface area contributed by atoms with Crippen molar-refractivity contribution in [3.8, 4) is 0 Å². The first kappa shape index (κ1) is 12.1. The molecule has 16 heavy (non-hydrogen) atoms. The molecule has 0 radical (unpaired) electrons. The number of rotatable bonds is 4. The van der Waals surface area contributed by atoms with Crippen LogP contribution in [0.3, 0.4) is 0 Å². The standard InChI is InChI=1S/C10H12N2O4/c1-6-2-3-9(12(15)16)7(4-6)8(11)5-10(13)14/h2-4,8H,5,11H2,1H3,(H,13,14). The van der Waals surface area contributed by atoms with Crippen LogP contribution < -0.4 is 5.73 Å². The highest BCUT2D eigenvalue weighted by atomic mass is 16.6. The summed E-state index contributed by atoms with van der Waals surface area (Å²) in [7, 11) is 0. The third-order valence-electron chi connectivity index (χ3n) is 2.17. The summed E-state index contributed by atoms with van der Waals surface area (Å²) in [5.41, 5.74) is 6.54. The van der Waals surface area contributed by atoms with E-state index in [1.54, 1.807) is 19.1 Å². The Balaban J connectivity index is 3.13.